The third-order valence-electron chi connectivity index (χ3n) is 3.50. The first kappa shape index (κ1) is 15.9. The van der Waals surface area contributed by atoms with Crippen molar-refractivity contribution in [1.29, 1.82) is 0 Å². The van der Waals surface area contributed by atoms with E-state index in [0.717, 1.165) is 12.0 Å². The maximum Gasteiger partial charge on any atom is 0.244 e. The van der Waals surface area contributed by atoms with E-state index in [4.69, 9.17) is 10.5 Å². The highest BCUT2D eigenvalue weighted by Gasteiger charge is 2.33. The summed E-state index contributed by atoms with van der Waals surface area (Å²) in [5.74, 6) is 0.275. The smallest absolute Gasteiger partial charge is 0.244 e. The van der Waals surface area contributed by atoms with Crippen molar-refractivity contribution in [3.05, 3.63) is 28.2 Å². The van der Waals surface area contributed by atoms with Gasteiger partial charge < -0.3 is 10.5 Å². The fourth-order valence-corrected chi connectivity index (χ4v) is 5.02. The molecular weight excluding hydrogens is 344 g/mol. The van der Waals surface area contributed by atoms with Gasteiger partial charge in [0, 0.05) is 31.2 Å². The summed E-state index contributed by atoms with van der Waals surface area (Å²) in [5.41, 5.74) is 6.45. The van der Waals surface area contributed by atoms with Gasteiger partial charge in [-0.1, -0.05) is 6.07 Å². The zero-order valence-electron chi connectivity index (χ0n) is 11.4. The molecule has 0 spiro atoms. The number of rotatable bonds is 5. The van der Waals surface area contributed by atoms with Gasteiger partial charge in [-0.3, -0.25) is 0 Å². The molecule has 2 N–H and O–H groups in total. The molecule has 112 valence electrons. The molecule has 0 saturated carbocycles. The molecule has 1 aliphatic rings. The summed E-state index contributed by atoms with van der Waals surface area (Å²) in [7, 11) is -1.82. The highest BCUT2D eigenvalue weighted by Crippen LogP contribution is 2.29. The van der Waals surface area contributed by atoms with Gasteiger partial charge in [0.25, 0.3) is 0 Å². The van der Waals surface area contributed by atoms with E-state index < -0.39 is 10.0 Å². The van der Waals surface area contributed by atoms with Crippen molar-refractivity contribution in [2.45, 2.75) is 17.9 Å². The van der Waals surface area contributed by atoms with Gasteiger partial charge in [0.15, 0.2) is 0 Å². The molecule has 0 amide bonds. The Morgan fingerprint density at radius 1 is 1.50 bits per heavy atom. The molecule has 0 aromatic heterocycles. The van der Waals surface area contributed by atoms with E-state index in [0.29, 0.717) is 35.6 Å². The number of benzene rings is 1. The third-order valence-corrected chi connectivity index (χ3v) is 6.34. The molecule has 1 saturated heterocycles. The van der Waals surface area contributed by atoms with Crippen molar-refractivity contribution in [2.24, 2.45) is 11.7 Å². The van der Waals surface area contributed by atoms with Crippen LogP contribution in [0.5, 0.6) is 0 Å². The largest absolute Gasteiger partial charge is 0.384 e. The Labute approximate surface area is 128 Å². The van der Waals surface area contributed by atoms with E-state index in [1.807, 2.05) is 0 Å². The van der Waals surface area contributed by atoms with Crippen LogP contribution in [0.3, 0.4) is 0 Å². The Hall–Kier alpha value is -0.470. The number of methoxy groups -OCH3 is 1. The molecule has 7 heteroatoms. The fraction of sp³-hybridized carbons (Fsp3) is 0.538. The first-order valence-corrected chi connectivity index (χ1v) is 8.70. The summed E-state index contributed by atoms with van der Waals surface area (Å²) >= 11 is 3.33. The number of halogens is 1. The molecular formula is C13H19BrN2O3S. The van der Waals surface area contributed by atoms with Crippen molar-refractivity contribution < 1.29 is 13.2 Å². The Morgan fingerprint density at radius 2 is 2.25 bits per heavy atom. The van der Waals surface area contributed by atoms with E-state index in [1.54, 1.807) is 25.3 Å². The van der Waals surface area contributed by atoms with Gasteiger partial charge in [0.05, 0.1) is 11.5 Å². The molecule has 1 aromatic carbocycles. The van der Waals surface area contributed by atoms with Crippen LogP contribution in [0.2, 0.25) is 0 Å². The maximum absolute atomic E-state index is 12.6. The lowest BCUT2D eigenvalue weighted by molar-refractivity contribution is 0.157. The normalized spacial score (nSPS) is 20.4. The van der Waals surface area contributed by atoms with Crippen LogP contribution in [0.4, 0.5) is 0 Å². The van der Waals surface area contributed by atoms with Crippen molar-refractivity contribution in [2.75, 3.05) is 26.8 Å². The van der Waals surface area contributed by atoms with Crippen LogP contribution in [-0.2, 0) is 21.3 Å². The molecule has 0 aliphatic carbocycles. The summed E-state index contributed by atoms with van der Waals surface area (Å²) in [6, 6.07) is 5.13. The van der Waals surface area contributed by atoms with Crippen molar-refractivity contribution >= 4 is 26.0 Å². The molecule has 0 bridgehead atoms. The monoisotopic (exact) mass is 362 g/mol. The molecule has 1 unspecified atom stereocenters. The molecule has 20 heavy (non-hydrogen) atoms. The van der Waals surface area contributed by atoms with Crippen LogP contribution in [0.1, 0.15) is 12.0 Å². The minimum atomic E-state index is -3.46. The fourth-order valence-electron chi connectivity index (χ4n) is 2.41. The minimum absolute atomic E-state index is 0.275. The Kier molecular flexibility index (Phi) is 5.19. The predicted molar refractivity (Wildman–Crippen MR) is 80.8 cm³/mol. The zero-order chi connectivity index (χ0) is 14.8. The van der Waals surface area contributed by atoms with Gasteiger partial charge in [0.1, 0.15) is 0 Å². The van der Waals surface area contributed by atoms with Crippen LogP contribution < -0.4 is 5.73 Å². The Morgan fingerprint density at radius 3 is 2.85 bits per heavy atom. The van der Waals surface area contributed by atoms with E-state index in [1.165, 1.54) is 4.31 Å². The highest BCUT2D eigenvalue weighted by molar-refractivity contribution is 9.10. The van der Waals surface area contributed by atoms with Gasteiger partial charge in [-0.25, -0.2) is 8.42 Å². The standard InChI is InChI=1S/C13H19BrN2O3S/c1-19-9-11-4-5-16(8-11)20(17,18)13-3-2-10(7-15)6-12(13)14/h2-3,6,11H,4-5,7-9,15H2,1H3. The van der Waals surface area contributed by atoms with Gasteiger partial charge in [-0.15, -0.1) is 0 Å². The lowest BCUT2D eigenvalue weighted by Gasteiger charge is -2.18. The molecule has 1 aromatic rings. The number of nitrogens with two attached hydrogens (primary N) is 1. The maximum atomic E-state index is 12.6. The number of nitrogens with zero attached hydrogens (tertiary/aromatic N) is 1. The highest BCUT2D eigenvalue weighted by atomic mass is 79.9. The van der Waals surface area contributed by atoms with Crippen LogP contribution in [0.15, 0.2) is 27.6 Å². The second kappa shape index (κ2) is 6.53. The summed E-state index contributed by atoms with van der Waals surface area (Å²) < 4.78 is 32.5. The summed E-state index contributed by atoms with van der Waals surface area (Å²) in [5, 5.41) is 0. The number of hydrogen-bond donors (Lipinski definition) is 1. The Balaban J connectivity index is 2.23. The van der Waals surface area contributed by atoms with Crippen LogP contribution >= 0.6 is 15.9 Å². The number of hydrogen-bond acceptors (Lipinski definition) is 4. The van der Waals surface area contributed by atoms with Crippen molar-refractivity contribution in [3.63, 3.8) is 0 Å². The predicted octanol–water partition coefficient (Wildman–Crippen LogP) is 1.56. The summed E-state index contributed by atoms with van der Waals surface area (Å²) in [4.78, 5) is 0.299. The molecule has 1 atom stereocenters. The van der Waals surface area contributed by atoms with E-state index in [2.05, 4.69) is 15.9 Å². The van der Waals surface area contributed by atoms with Crippen LogP contribution in [0.25, 0.3) is 0 Å². The van der Waals surface area contributed by atoms with Crippen LogP contribution in [0, 0.1) is 5.92 Å². The van der Waals surface area contributed by atoms with Crippen molar-refractivity contribution in [3.8, 4) is 0 Å². The minimum Gasteiger partial charge on any atom is -0.384 e. The van der Waals surface area contributed by atoms with Crippen molar-refractivity contribution in [1.82, 2.24) is 4.31 Å². The summed E-state index contributed by atoms with van der Waals surface area (Å²) in [6.45, 7) is 2.04. The molecule has 0 radical (unpaired) electrons. The Bertz CT molecular complexity index is 577. The van der Waals surface area contributed by atoms with Crippen LogP contribution in [-0.4, -0.2) is 39.5 Å². The molecule has 1 aliphatic heterocycles. The lowest BCUT2D eigenvalue weighted by atomic mass is 10.1. The quantitative estimate of drug-likeness (QED) is 0.862. The third kappa shape index (κ3) is 3.23. The molecule has 2 rings (SSSR count). The zero-order valence-corrected chi connectivity index (χ0v) is 13.8. The second-order valence-electron chi connectivity index (χ2n) is 4.94. The lowest BCUT2D eigenvalue weighted by Crippen LogP contribution is -2.29. The topological polar surface area (TPSA) is 72.6 Å². The number of sulfonamides is 1. The van der Waals surface area contributed by atoms with Gasteiger partial charge in [-0.05, 0) is 46.0 Å². The van der Waals surface area contributed by atoms with E-state index in [-0.39, 0.29) is 5.92 Å². The molecule has 1 fully saturated rings. The van der Waals surface area contributed by atoms with Gasteiger partial charge in [-0.2, -0.15) is 4.31 Å². The van der Waals surface area contributed by atoms with E-state index >= 15 is 0 Å². The van der Waals surface area contributed by atoms with Gasteiger partial charge in [0.2, 0.25) is 10.0 Å². The SMILES string of the molecule is COCC1CCN(S(=O)(=O)c2ccc(CN)cc2Br)C1. The average Bonchev–Trinajstić information content (AvgIpc) is 2.88. The van der Waals surface area contributed by atoms with E-state index in [9.17, 15) is 8.42 Å². The summed E-state index contributed by atoms with van der Waals surface area (Å²) in [6.07, 6.45) is 0.839. The van der Waals surface area contributed by atoms with Gasteiger partial charge >= 0.3 is 0 Å². The first-order chi connectivity index (χ1) is 9.48. The molecule has 1 heterocycles. The average molecular weight is 363 g/mol. The second-order valence-corrected chi connectivity index (χ2v) is 7.70. The molecule has 5 nitrogen and oxygen atoms in total. The number of ether oxygens (including phenoxy) is 1. The first-order valence-electron chi connectivity index (χ1n) is 6.46.